The van der Waals surface area contributed by atoms with Crippen LogP contribution in [0.3, 0.4) is 0 Å². The van der Waals surface area contributed by atoms with Crippen molar-refractivity contribution in [1.82, 2.24) is 0 Å². The zero-order valence-electron chi connectivity index (χ0n) is 11.2. The van der Waals surface area contributed by atoms with Crippen LogP contribution in [0.25, 0.3) is 0 Å². The Labute approximate surface area is 103 Å². The lowest BCUT2D eigenvalue weighted by Gasteiger charge is -2.18. The van der Waals surface area contributed by atoms with E-state index in [1.807, 2.05) is 26.0 Å². The molecule has 0 saturated heterocycles. The van der Waals surface area contributed by atoms with Gasteiger partial charge in [0.05, 0.1) is 13.7 Å². The Morgan fingerprint density at radius 2 is 1.76 bits per heavy atom. The van der Waals surface area contributed by atoms with Gasteiger partial charge < -0.3 is 19.5 Å². The van der Waals surface area contributed by atoms with Gasteiger partial charge in [-0.1, -0.05) is 6.07 Å². The second-order valence-electron chi connectivity index (χ2n) is 3.87. The molecule has 1 aromatic rings. The minimum absolute atomic E-state index is 0.248. The Bertz CT molecular complexity index is 362. The summed E-state index contributed by atoms with van der Waals surface area (Å²) in [5, 5.41) is 3.29. The van der Waals surface area contributed by atoms with Crippen LogP contribution in [0, 0.1) is 13.8 Å². The zero-order chi connectivity index (χ0) is 12.8. The standard InChI is InChI=1S/C13H21NO3/c1-9-6-7-11(10(2)13(9)17-5)14-8-12(15-3)16-4/h6-7,12,14H,8H2,1-5H3. The highest BCUT2D eigenvalue weighted by molar-refractivity contribution is 5.59. The van der Waals surface area contributed by atoms with E-state index in [1.165, 1.54) is 0 Å². The lowest BCUT2D eigenvalue weighted by atomic mass is 10.1. The summed E-state index contributed by atoms with van der Waals surface area (Å²) in [6.45, 7) is 4.66. The van der Waals surface area contributed by atoms with Gasteiger partial charge in [-0.2, -0.15) is 0 Å². The van der Waals surface area contributed by atoms with Crippen molar-refractivity contribution in [3.05, 3.63) is 23.3 Å². The number of benzene rings is 1. The molecule has 0 spiro atoms. The first-order chi connectivity index (χ1) is 8.13. The largest absolute Gasteiger partial charge is 0.496 e. The molecular weight excluding hydrogens is 218 g/mol. The first-order valence-electron chi connectivity index (χ1n) is 5.57. The van der Waals surface area contributed by atoms with Gasteiger partial charge >= 0.3 is 0 Å². The smallest absolute Gasteiger partial charge is 0.173 e. The SMILES string of the molecule is COc1c(C)ccc(NCC(OC)OC)c1C. The third kappa shape index (κ3) is 3.35. The van der Waals surface area contributed by atoms with Gasteiger partial charge in [0, 0.05) is 25.5 Å². The third-order valence-corrected chi connectivity index (χ3v) is 2.79. The van der Waals surface area contributed by atoms with Crippen LogP contribution >= 0.6 is 0 Å². The van der Waals surface area contributed by atoms with Gasteiger partial charge in [-0.3, -0.25) is 0 Å². The highest BCUT2D eigenvalue weighted by Gasteiger charge is 2.09. The summed E-state index contributed by atoms with van der Waals surface area (Å²) in [5.74, 6) is 0.918. The van der Waals surface area contributed by atoms with Crippen molar-refractivity contribution in [2.75, 3.05) is 33.2 Å². The van der Waals surface area contributed by atoms with Crippen LogP contribution in [-0.2, 0) is 9.47 Å². The molecule has 1 rings (SSSR count). The van der Waals surface area contributed by atoms with E-state index >= 15 is 0 Å². The maximum Gasteiger partial charge on any atom is 0.173 e. The fraction of sp³-hybridized carbons (Fsp3) is 0.538. The van der Waals surface area contributed by atoms with E-state index in [2.05, 4.69) is 5.32 Å². The molecule has 0 aliphatic carbocycles. The number of hydrogen-bond acceptors (Lipinski definition) is 4. The van der Waals surface area contributed by atoms with Crippen LogP contribution in [0.1, 0.15) is 11.1 Å². The Morgan fingerprint density at radius 3 is 2.29 bits per heavy atom. The van der Waals surface area contributed by atoms with Crippen molar-refractivity contribution in [2.24, 2.45) is 0 Å². The van der Waals surface area contributed by atoms with Gasteiger partial charge in [0.1, 0.15) is 5.75 Å². The lowest BCUT2D eigenvalue weighted by molar-refractivity contribution is -0.0914. The molecule has 0 heterocycles. The van der Waals surface area contributed by atoms with Gasteiger partial charge in [0.25, 0.3) is 0 Å². The van der Waals surface area contributed by atoms with Gasteiger partial charge in [0.15, 0.2) is 6.29 Å². The van der Waals surface area contributed by atoms with Crippen molar-refractivity contribution < 1.29 is 14.2 Å². The monoisotopic (exact) mass is 239 g/mol. The number of nitrogens with one attached hydrogen (secondary N) is 1. The third-order valence-electron chi connectivity index (χ3n) is 2.79. The molecular formula is C13H21NO3. The summed E-state index contributed by atoms with van der Waals surface area (Å²) in [7, 11) is 4.93. The van der Waals surface area contributed by atoms with Gasteiger partial charge in [0.2, 0.25) is 0 Å². The Morgan fingerprint density at radius 1 is 1.12 bits per heavy atom. The molecule has 0 unspecified atom stereocenters. The summed E-state index contributed by atoms with van der Waals surface area (Å²) >= 11 is 0. The van der Waals surface area contributed by atoms with E-state index in [0.717, 1.165) is 22.6 Å². The summed E-state index contributed by atoms with van der Waals surface area (Å²) in [4.78, 5) is 0. The van der Waals surface area contributed by atoms with Gasteiger partial charge in [-0.15, -0.1) is 0 Å². The van der Waals surface area contributed by atoms with Gasteiger partial charge in [-0.25, -0.2) is 0 Å². The number of anilines is 1. The van der Waals surface area contributed by atoms with E-state index in [9.17, 15) is 0 Å². The second kappa shape index (κ2) is 6.47. The molecule has 1 aromatic carbocycles. The van der Waals surface area contributed by atoms with Crippen molar-refractivity contribution in [3.8, 4) is 5.75 Å². The van der Waals surface area contributed by atoms with Crippen LogP contribution in [0.4, 0.5) is 5.69 Å². The normalized spacial score (nSPS) is 10.7. The first kappa shape index (κ1) is 13.8. The molecule has 0 fully saturated rings. The quantitative estimate of drug-likeness (QED) is 0.773. The maximum atomic E-state index is 5.37. The molecule has 96 valence electrons. The molecule has 0 bridgehead atoms. The minimum atomic E-state index is -0.248. The average Bonchev–Trinajstić information content (AvgIpc) is 2.33. The van der Waals surface area contributed by atoms with Crippen LogP contribution in [-0.4, -0.2) is 34.2 Å². The van der Waals surface area contributed by atoms with E-state index in [-0.39, 0.29) is 6.29 Å². The Balaban J connectivity index is 2.78. The molecule has 1 N–H and O–H groups in total. The van der Waals surface area contributed by atoms with Crippen molar-refractivity contribution >= 4 is 5.69 Å². The predicted molar refractivity (Wildman–Crippen MR) is 68.8 cm³/mol. The molecule has 4 heteroatoms. The summed E-state index contributed by atoms with van der Waals surface area (Å²) in [6, 6.07) is 4.07. The molecule has 0 atom stereocenters. The number of hydrogen-bond donors (Lipinski definition) is 1. The number of aryl methyl sites for hydroxylation is 1. The van der Waals surface area contributed by atoms with Crippen LogP contribution in [0.2, 0.25) is 0 Å². The summed E-state index contributed by atoms with van der Waals surface area (Å²) < 4.78 is 15.6. The molecule has 17 heavy (non-hydrogen) atoms. The van der Waals surface area contributed by atoms with E-state index in [1.54, 1.807) is 21.3 Å². The van der Waals surface area contributed by atoms with E-state index in [0.29, 0.717) is 6.54 Å². The maximum absolute atomic E-state index is 5.37. The van der Waals surface area contributed by atoms with Crippen LogP contribution < -0.4 is 10.1 Å². The second-order valence-corrected chi connectivity index (χ2v) is 3.87. The molecule has 0 amide bonds. The highest BCUT2D eigenvalue weighted by atomic mass is 16.7. The van der Waals surface area contributed by atoms with Crippen LogP contribution in [0.5, 0.6) is 5.75 Å². The molecule has 0 aliphatic heterocycles. The molecule has 4 nitrogen and oxygen atoms in total. The predicted octanol–water partition coefficient (Wildman–Crippen LogP) is 2.34. The molecule has 0 saturated carbocycles. The molecule has 0 radical (unpaired) electrons. The van der Waals surface area contributed by atoms with Crippen LogP contribution in [0.15, 0.2) is 12.1 Å². The average molecular weight is 239 g/mol. The fourth-order valence-electron chi connectivity index (χ4n) is 1.79. The van der Waals surface area contributed by atoms with E-state index < -0.39 is 0 Å². The number of methoxy groups -OCH3 is 3. The highest BCUT2D eigenvalue weighted by Crippen LogP contribution is 2.29. The number of ether oxygens (including phenoxy) is 3. The van der Waals surface area contributed by atoms with Gasteiger partial charge in [-0.05, 0) is 25.5 Å². The fourth-order valence-corrected chi connectivity index (χ4v) is 1.79. The number of rotatable bonds is 6. The summed E-state index contributed by atoms with van der Waals surface area (Å²) in [6.07, 6.45) is -0.248. The van der Waals surface area contributed by atoms with Crippen molar-refractivity contribution in [1.29, 1.82) is 0 Å². The molecule has 0 aromatic heterocycles. The summed E-state index contributed by atoms with van der Waals surface area (Å²) in [5.41, 5.74) is 3.26. The van der Waals surface area contributed by atoms with Crippen molar-refractivity contribution in [3.63, 3.8) is 0 Å². The zero-order valence-corrected chi connectivity index (χ0v) is 11.2. The van der Waals surface area contributed by atoms with Crippen molar-refractivity contribution in [2.45, 2.75) is 20.1 Å². The topological polar surface area (TPSA) is 39.7 Å². The Kier molecular flexibility index (Phi) is 5.25. The molecule has 0 aliphatic rings. The first-order valence-corrected chi connectivity index (χ1v) is 5.57. The Hall–Kier alpha value is -1.26. The minimum Gasteiger partial charge on any atom is -0.496 e. The lowest BCUT2D eigenvalue weighted by Crippen LogP contribution is -2.23. The van der Waals surface area contributed by atoms with E-state index in [4.69, 9.17) is 14.2 Å².